The molecule has 1 N–H and O–H groups in total. The Bertz CT molecular complexity index is 611. The molecule has 6 heteroatoms. The van der Waals surface area contributed by atoms with Gasteiger partial charge in [-0.15, -0.1) is 0 Å². The first-order chi connectivity index (χ1) is 9.91. The average Bonchev–Trinajstić information content (AvgIpc) is 2.67. The van der Waals surface area contributed by atoms with Gasteiger partial charge in [-0.3, -0.25) is 9.69 Å². The Morgan fingerprint density at radius 1 is 1.33 bits per heavy atom. The van der Waals surface area contributed by atoms with Gasteiger partial charge in [0.15, 0.2) is 0 Å². The van der Waals surface area contributed by atoms with Crippen LogP contribution in [-0.4, -0.2) is 32.2 Å². The maximum Gasteiger partial charge on any atom is 0.327 e. The molecule has 4 nitrogen and oxygen atoms in total. The fraction of sp³-hybridized carbons (Fsp3) is 0.267. The first-order valence-corrected chi connectivity index (χ1v) is 7.69. The normalized spacial score (nSPS) is 18.6. The van der Waals surface area contributed by atoms with Crippen LogP contribution in [0.2, 0.25) is 0 Å². The lowest BCUT2D eigenvalue weighted by Crippen LogP contribution is -2.47. The first kappa shape index (κ1) is 15.7. The van der Waals surface area contributed by atoms with Crippen LogP contribution in [0, 0.1) is 5.92 Å². The van der Waals surface area contributed by atoms with Crippen molar-refractivity contribution in [2.45, 2.75) is 19.9 Å². The highest BCUT2D eigenvalue weighted by Crippen LogP contribution is 2.35. The van der Waals surface area contributed by atoms with Gasteiger partial charge in [0.05, 0.1) is 4.91 Å². The molecule has 0 aliphatic carbocycles. The molecule has 0 spiro atoms. The van der Waals surface area contributed by atoms with Crippen molar-refractivity contribution in [2.24, 2.45) is 5.92 Å². The Morgan fingerprint density at radius 3 is 2.48 bits per heavy atom. The molecule has 0 radical (unpaired) electrons. The van der Waals surface area contributed by atoms with Crippen LogP contribution < -0.4 is 0 Å². The highest BCUT2D eigenvalue weighted by atomic mass is 32.2. The summed E-state index contributed by atoms with van der Waals surface area (Å²) in [5.74, 6) is -1.60. The van der Waals surface area contributed by atoms with E-state index in [4.69, 9.17) is 12.2 Å². The topological polar surface area (TPSA) is 57.6 Å². The summed E-state index contributed by atoms with van der Waals surface area (Å²) in [5, 5.41) is 9.33. The summed E-state index contributed by atoms with van der Waals surface area (Å²) in [6.07, 6.45) is 1.73. The van der Waals surface area contributed by atoms with Crippen LogP contribution in [0.3, 0.4) is 0 Å². The molecule has 1 atom stereocenters. The van der Waals surface area contributed by atoms with Crippen molar-refractivity contribution in [3.05, 3.63) is 40.8 Å². The van der Waals surface area contributed by atoms with Crippen LogP contribution in [0.15, 0.2) is 35.2 Å². The molecule has 0 aromatic heterocycles. The second-order valence-corrected chi connectivity index (χ2v) is 6.67. The van der Waals surface area contributed by atoms with E-state index in [9.17, 15) is 14.7 Å². The van der Waals surface area contributed by atoms with Crippen molar-refractivity contribution >= 4 is 46.3 Å². The lowest BCUT2D eigenvalue weighted by atomic mass is 10.0. The van der Waals surface area contributed by atoms with E-state index >= 15 is 0 Å². The van der Waals surface area contributed by atoms with Crippen molar-refractivity contribution in [3.63, 3.8) is 0 Å². The number of thioether (sulfide) groups is 1. The summed E-state index contributed by atoms with van der Waals surface area (Å²) in [4.78, 5) is 25.5. The van der Waals surface area contributed by atoms with Gasteiger partial charge in [0, 0.05) is 0 Å². The second-order valence-electron chi connectivity index (χ2n) is 4.99. The van der Waals surface area contributed by atoms with E-state index in [-0.39, 0.29) is 11.8 Å². The SMILES string of the molecule is CC(C)C(C(=O)O)N1C(=O)/C(=C/c2ccccc2)SC1=S. The first-order valence-electron chi connectivity index (χ1n) is 6.46. The van der Waals surface area contributed by atoms with Crippen LogP contribution in [-0.2, 0) is 9.59 Å². The molecule has 1 aliphatic heterocycles. The Kier molecular flexibility index (Phi) is 4.80. The largest absolute Gasteiger partial charge is 0.480 e. The minimum Gasteiger partial charge on any atom is -0.480 e. The van der Waals surface area contributed by atoms with Crippen molar-refractivity contribution in [1.82, 2.24) is 4.90 Å². The van der Waals surface area contributed by atoms with Gasteiger partial charge in [-0.05, 0) is 17.6 Å². The fourth-order valence-corrected chi connectivity index (χ4v) is 3.44. The van der Waals surface area contributed by atoms with Crippen molar-refractivity contribution in [1.29, 1.82) is 0 Å². The summed E-state index contributed by atoms with van der Waals surface area (Å²) in [6, 6.07) is 8.47. The highest BCUT2D eigenvalue weighted by Gasteiger charge is 2.41. The minimum atomic E-state index is -1.04. The van der Waals surface area contributed by atoms with E-state index in [2.05, 4.69) is 0 Å². The Balaban J connectivity index is 2.32. The number of carboxylic acid groups (broad SMARTS) is 1. The third-order valence-corrected chi connectivity index (χ3v) is 4.41. The van der Waals surface area contributed by atoms with Gasteiger partial charge in [0.2, 0.25) is 0 Å². The molecular weight excluding hydrogens is 306 g/mol. The molecule has 1 amide bonds. The van der Waals surface area contributed by atoms with E-state index in [1.807, 2.05) is 30.3 Å². The summed E-state index contributed by atoms with van der Waals surface area (Å²) in [5.41, 5.74) is 0.884. The lowest BCUT2D eigenvalue weighted by molar-refractivity contribution is -0.146. The molecule has 1 saturated heterocycles. The zero-order valence-electron chi connectivity index (χ0n) is 11.6. The molecule has 21 heavy (non-hydrogen) atoms. The predicted molar refractivity (Wildman–Crippen MR) is 87.7 cm³/mol. The number of carbonyl (C=O) groups is 2. The van der Waals surface area contributed by atoms with E-state index in [1.165, 1.54) is 4.90 Å². The molecule has 2 rings (SSSR count). The Hall–Kier alpha value is -1.66. The number of hydrogen-bond donors (Lipinski definition) is 1. The van der Waals surface area contributed by atoms with Crippen LogP contribution >= 0.6 is 24.0 Å². The van der Waals surface area contributed by atoms with Gasteiger partial charge in [-0.2, -0.15) is 0 Å². The summed E-state index contributed by atoms with van der Waals surface area (Å²) < 4.78 is 0.295. The number of carboxylic acids is 1. The van der Waals surface area contributed by atoms with E-state index in [1.54, 1.807) is 19.9 Å². The molecule has 0 saturated carbocycles. The fourth-order valence-electron chi connectivity index (χ4n) is 2.11. The molecule has 0 bridgehead atoms. The van der Waals surface area contributed by atoms with Crippen LogP contribution in [0.5, 0.6) is 0 Å². The van der Waals surface area contributed by atoms with E-state index < -0.39 is 12.0 Å². The second kappa shape index (κ2) is 6.41. The summed E-state index contributed by atoms with van der Waals surface area (Å²) in [6.45, 7) is 3.52. The number of amides is 1. The van der Waals surface area contributed by atoms with Gasteiger partial charge in [-0.1, -0.05) is 68.2 Å². The maximum absolute atomic E-state index is 12.5. The lowest BCUT2D eigenvalue weighted by Gasteiger charge is -2.26. The third-order valence-electron chi connectivity index (χ3n) is 3.08. The van der Waals surface area contributed by atoms with Crippen LogP contribution in [0.4, 0.5) is 0 Å². The molecule has 1 aliphatic rings. The number of rotatable bonds is 4. The molecule has 1 heterocycles. The smallest absolute Gasteiger partial charge is 0.327 e. The quantitative estimate of drug-likeness (QED) is 0.682. The van der Waals surface area contributed by atoms with Gasteiger partial charge in [0.25, 0.3) is 5.91 Å². The van der Waals surface area contributed by atoms with Crippen molar-refractivity contribution in [3.8, 4) is 0 Å². The number of thiocarbonyl (C=S) groups is 1. The summed E-state index contributed by atoms with van der Waals surface area (Å²) >= 11 is 6.33. The number of nitrogens with zero attached hydrogens (tertiary/aromatic N) is 1. The monoisotopic (exact) mass is 321 g/mol. The zero-order chi connectivity index (χ0) is 15.6. The minimum absolute atomic E-state index is 0.221. The number of hydrogen-bond acceptors (Lipinski definition) is 4. The van der Waals surface area contributed by atoms with Gasteiger partial charge < -0.3 is 5.11 Å². The van der Waals surface area contributed by atoms with E-state index in [0.717, 1.165) is 17.3 Å². The van der Waals surface area contributed by atoms with Crippen LogP contribution in [0.25, 0.3) is 6.08 Å². The molecule has 1 fully saturated rings. The van der Waals surface area contributed by atoms with Crippen LogP contribution in [0.1, 0.15) is 19.4 Å². The van der Waals surface area contributed by atoms with Gasteiger partial charge in [-0.25, -0.2) is 4.79 Å². The maximum atomic E-state index is 12.5. The zero-order valence-corrected chi connectivity index (χ0v) is 13.3. The van der Waals surface area contributed by atoms with Gasteiger partial charge in [0.1, 0.15) is 10.4 Å². The standard InChI is InChI=1S/C15H15NO3S2/c1-9(2)12(14(18)19)16-13(17)11(21-15(16)20)8-10-6-4-3-5-7-10/h3-9,12H,1-2H3,(H,18,19)/b11-8-. The molecule has 1 aromatic rings. The van der Waals surface area contributed by atoms with Crippen molar-refractivity contribution < 1.29 is 14.7 Å². The highest BCUT2D eigenvalue weighted by molar-refractivity contribution is 8.26. The number of carbonyl (C=O) groups excluding carboxylic acids is 1. The number of benzene rings is 1. The molecule has 1 aromatic carbocycles. The molecule has 1 unspecified atom stereocenters. The van der Waals surface area contributed by atoms with E-state index in [0.29, 0.717) is 9.23 Å². The Morgan fingerprint density at radius 2 is 1.95 bits per heavy atom. The molecule has 110 valence electrons. The Labute approximate surface area is 132 Å². The van der Waals surface area contributed by atoms with Gasteiger partial charge >= 0.3 is 5.97 Å². The molecular formula is C15H15NO3S2. The summed E-state index contributed by atoms with van der Waals surface area (Å²) in [7, 11) is 0. The third kappa shape index (κ3) is 3.33. The van der Waals surface area contributed by atoms with Crippen molar-refractivity contribution in [2.75, 3.05) is 0 Å². The average molecular weight is 321 g/mol. The number of aliphatic carboxylic acids is 1. The predicted octanol–water partition coefficient (Wildman–Crippen LogP) is 3.00.